The van der Waals surface area contributed by atoms with Crippen LogP contribution >= 0.6 is 0 Å². The highest BCUT2D eigenvalue weighted by atomic mass is 16.5. The molecule has 0 spiro atoms. The molecule has 0 radical (unpaired) electrons. The van der Waals surface area contributed by atoms with Crippen LogP contribution in [0.5, 0.6) is 0 Å². The van der Waals surface area contributed by atoms with Crippen LogP contribution in [0, 0.1) is 0 Å². The van der Waals surface area contributed by atoms with E-state index in [1.165, 1.54) is 0 Å². The molecule has 4 heteroatoms. The van der Waals surface area contributed by atoms with Gasteiger partial charge < -0.3 is 14.8 Å². The molecule has 4 nitrogen and oxygen atoms in total. The quantitative estimate of drug-likeness (QED) is 0.559. The predicted octanol–water partition coefficient (Wildman–Crippen LogP) is -0.0569. The zero-order chi connectivity index (χ0) is 10.2. The third-order valence-electron chi connectivity index (χ3n) is 2.64. The fourth-order valence-corrected chi connectivity index (χ4v) is 1.56. The first kappa shape index (κ1) is 11.9. The maximum Gasteiger partial charge on any atom is 0.0700 e. The summed E-state index contributed by atoms with van der Waals surface area (Å²) in [4.78, 5) is 2.46. The Hall–Kier alpha value is -0.160. The Balaban J connectivity index is 1.97. The average Bonchev–Trinajstić information content (AvgIpc) is 2.12. The van der Waals surface area contributed by atoms with Crippen LogP contribution in [-0.4, -0.2) is 64.1 Å². The summed E-state index contributed by atoms with van der Waals surface area (Å²) in [5.41, 5.74) is 0. The van der Waals surface area contributed by atoms with Crippen molar-refractivity contribution < 1.29 is 9.47 Å². The molecule has 0 atom stereocenters. The molecular formula is C10H22N2O2. The highest BCUT2D eigenvalue weighted by molar-refractivity contribution is 4.83. The van der Waals surface area contributed by atoms with Gasteiger partial charge in [-0.05, 0) is 6.54 Å². The molecule has 84 valence electrons. The van der Waals surface area contributed by atoms with Crippen molar-refractivity contribution in [2.45, 2.75) is 13.0 Å². The minimum Gasteiger partial charge on any atom is -0.382 e. The fourth-order valence-electron chi connectivity index (χ4n) is 1.56. The summed E-state index contributed by atoms with van der Waals surface area (Å²) in [6, 6.07) is 0.728. The average molecular weight is 202 g/mol. The van der Waals surface area contributed by atoms with Gasteiger partial charge in [0.15, 0.2) is 0 Å². The SMILES string of the molecule is CCN(CCOCCOC)C1CNC1. The van der Waals surface area contributed by atoms with E-state index < -0.39 is 0 Å². The molecular weight excluding hydrogens is 180 g/mol. The third kappa shape index (κ3) is 3.92. The van der Waals surface area contributed by atoms with Gasteiger partial charge in [0.2, 0.25) is 0 Å². The zero-order valence-corrected chi connectivity index (χ0v) is 9.29. The summed E-state index contributed by atoms with van der Waals surface area (Å²) in [6.07, 6.45) is 0. The van der Waals surface area contributed by atoms with E-state index >= 15 is 0 Å². The van der Waals surface area contributed by atoms with Crippen molar-refractivity contribution in [2.24, 2.45) is 0 Å². The van der Waals surface area contributed by atoms with Gasteiger partial charge in [-0.1, -0.05) is 6.92 Å². The minimum absolute atomic E-state index is 0.692. The standard InChI is InChI=1S/C10H22N2O2/c1-3-12(10-8-11-9-10)4-5-14-7-6-13-2/h10-11H,3-9H2,1-2H3. The van der Waals surface area contributed by atoms with E-state index in [0.717, 1.165) is 38.8 Å². The lowest BCUT2D eigenvalue weighted by atomic mass is 10.1. The smallest absolute Gasteiger partial charge is 0.0700 e. The molecule has 14 heavy (non-hydrogen) atoms. The second kappa shape index (κ2) is 7.17. The van der Waals surface area contributed by atoms with Gasteiger partial charge >= 0.3 is 0 Å². The molecule has 1 heterocycles. The number of nitrogens with one attached hydrogen (secondary N) is 1. The van der Waals surface area contributed by atoms with Gasteiger partial charge in [-0.3, -0.25) is 4.90 Å². The first-order chi connectivity index (χ1) is 6.88. The second-order valence-corrected chi connectivity index (χ2v) is 3.55. The summed E-state index contributed by atoms with van der Waals surface area (Å²) in [5.74, 6) is 0. The summed E-state index contributed by atoms with van der Waals surface area (Å²) < 4.78 is 10.3. The third-order valence-corrected chi connectivity index (χ3v) is 2.64. The van der Waals surface area contributed by atoms with E-state index in [1.807, 2.05) is 0 Å². The van der Waals surface area contributed by atoms with Crippen molar-refractivity contribution >= 4 is 0 Å². The first-order valence-corrected chi connectivity index (χ1v) is 5.40. The molecule has 1 rings (SSSR count). The van der Waals surface area contributed by atoms with E-state index in [1.54, 1.807) is 7.11 Å². The van der Waals surface area contributed by atoms with Crippen molar-refractivity contribution in [1.82, 2.24) is 10.2 Å². The molecule has 0 amide bonds. The molecule has 0 aromatic carbocycles. The van der Waals surface area contributed by atoms with Crippen LogP contribution in [0.15, 0.2) is 0 Å². The molecule has 1 saturated heterocycles. The maximum absolute atomic E-state index is 5.44. The van der Waals surface area contributed by atoms with Crippen LogP contribution in [0.25, 0.3) is 0 Å². The summed E-state index contributed by atoms with van der Waals surface area (Å²) in [6.45, 7) is 8.82. The van der Waals surface area contributed by atoms with Gasteiger partial charge in [0.25, 0.3) is 0 Å². The molecule has 0 saturated carbocycles. The Morgan fingerprint density at radius 1 is 1.29 bits per heavy atom. The molecule has 1 fully saturated rings. The molecule has 0 aromatic rings. The predicted molar refractivity (Wildman–Crippen MR) is 56.6 cm³/mol. The molecule has 0 unspecified atom stereocenters. The molecule has 1 N–H and O–H groups in total. The van der Waals surface area contributed by atoms with Crippen molar-refractivity contribution in [3.63, 3.8) is 0 Å². The number of ether oxygens (including phenoxy) is 2. The van der Waals surface area contributed by atoms with Crippen LogP contribution in [0.4, 0.5) is 0 Å². The topological polar surface area (TPSA) is 33.7 Å². The van der Waals surface area contributed by atoms with Gasteiger partial charge in [-0.15, -0.1) is 0 Å². The Bertz CT molecular complexity index is 140. The van der Waals surface area contributed by atoms with E-state index in [9.17, 15) is 0 Å². The van der Waals surface area contributed by atoms with E-state index in [4.69, 9.17) is 9.47 Å². The van der Waals surface area contributed by atoms with Crippen molar-refractivity contribution in [1.29, 1.82) is 0 Å². The van der Waals surface area contributed by atoms with Gasteiger partial charge in [-0.2, -0.15) is 0 Å². The van der Waals surface area contributed by atoms with Crippen LogP contribution in [0.1, 0.15) is 6.92 Å². The van der Waals surface area contributed by atoms with Crippen molar-refractivity contribution in [3.8, 4) is 0 Å². The number of nitrogens with zero attached hydrogens (tertiary/aromatic N) is 1. The second-order valence-electron chi connectivity index (χ2n) is 3.55. The summed E-state index contributed by atoms with van der Waals surface area (Å²) in [7, 11) is 1.70. The largest absolute Gasteiger partial charge is 0.382 e. The van der Waals surface area contributed by atoms with Crippen molar-refractivity contribution in [3.05, 3.63) is 0 Å². The van der Waals surface area contributed by atoms with E-state index in [0.29, 0.717) is 13.2 Å². The Morgan fingerprint density at radius 3 is 2.57 bits per heavy atom. The van der Waals surface area contributed by atoms with E-state index in [2.05, 4.69) is 17.1 Å². The molecule has 1 aliphatic heterocycles. The van der Waals surface area contributed by atoms with Gasteiger partial charge in [0.1, 0.15) is 0 Å². The Labute approximate surface area is 86.6 Å². The highest BCUT2D eigenvalue weighted by Gasteiger charge is 2.22. The fraction of sp³-hybridized carbons (Fsp3) is 1.00. The molecule has 0 aromatic heterocycles. The van der Waals surface area contributed by atoms with Crippen molar-refractivity contribution in [2.75, 3.05) is 53.1 Å². The lowest BCUT2D eigenvalue weighted by Crippen LogP contribution is -2.57. The Morgan fingerprint density at radius 2 is 2.07 bits per heavy atom. The Kier molecular flexibility index (Phi) is 6.10. The van der Waals surface area contributed by atoms with Gasteiger partial charge in [0.05, 0.1) is 19.8 Å². The minimum atomic E-state index is 0.692. The van der Waals surface area contributed by atoms with Crippen LogP contribution in [-0.2, 0) is 9.47 Å². The maximum atomic E-state index is 5.44. The highest BCUT2D eigenvalue weighted by Crippen LogP contribution is 2.03. The van der Waals surface area contributed by atoms with Gasteiger partial charge in [0, 0.05) is 32.8 Å². The number of hydrogen-bond acceptors (Lipinski definition) is 4. The number of rotatable bonds is 8. The lowest BCUT2D eigenvalue weighted by Gasteiger charge is -2.37. The van der Waals surface area contributed by atoms with Crippen LogP contribution < -0.4 is 5.32 Å². The zero-order valence-electron chi connectivity index (χ0n) is 9.29. The normalized spacial score (nSPS) is 17.4. The number of methoxy groups -OCH3 is 1. The lowest BCUT2D eigenvalue weighted by molar-refractivity contribution is 0.0444. The number of hydrogen-bond donors (Lipinski definition) is 1. The first-order valence-electron chi connectivity index (χ1n) is 5.40. The van der Waals surface area contributed by atoms with Crippen LogP contribution in [0.3, 0.4) is 0 Å². The van der Waals surface area contributed by atoms with E-state index in [-0.39, 0.29) is 0 Å². The molecule has 0 aliphatic carbocycles. The number of likely N-dealkylation sites (N-methyl/N-ethyl adjacent to an activating group) is 1. The monoisotopic (exact) mass is 202 g/mol. The summed E-state index contributed by atoms with van der Waals surface area (Å²) >= 11 is 0. The molecule has 0 bridgehead atoms. The van der Waals surface area contributed by atoms with Crippen LogP contribution in [0.2, 0.25) is 0 Å². The summed E-state index contributed by atoms with van der Waals surface area (Å²) in [5, 5.41) is 3.28. The molecule has 1 aliphatic rings. The van der Waals surface area contributed by atoms with Gasteiger partial charge in [-0.25, -0.2) is 0 Å².